The number of hydrogen-bond acceptors (Lipinski definition) is 4. The summed E-state index contributed by atoms with van der Waals surface area (Å²) >= 11 is 0.808. The molecule has 60 valence electrons. The number of hydrogen-bond donors (Lipinski definition) is 2. The second kappa shape index (κ2) is 6.37. The third kappa shape index (κ3) is 10.3. The molecule has 0 amide bonds. The quantitative estimate of drug-likeness (QED) is 0.553. The van der Waals surface area contributed by atoms with Crippen molar-refractivity contribution in [1.29, 1.82) is 0 Å². The van der Waals surface area contributed by atoms with E-state index in [9.17, 15) is 14.7 Å². The number of aliphatic carboxylic acids is 2. The van der Waals surface area contributed by atoms with Crippen molar-refractivity contribution in [3.05, 3.63) is 0 Å². The molecule has 10 heavy (non-hydrogen) atoms. The van der Waals surface area contributed by atoms with Gasteiger partial charge >= 0.3 is 5.97 Å². The van der Waals surface area contributed by atoms with Crippen LogP contribution in [-0.2, 0) is 9.59 Å². The van der Waals surface area contributed by atoms with E-state index in [1.54, 1.807) is 0 Å². The van der Waals surface area contributed by atoms with Gasteiger partial charge < -0.3 is 21.2 Å². The predicted octanol–water partition coefficient (Wildman–Crippen LogP) is -1.07. The van der Waals surface area contributed by atoms with Crippen LogP contribution in [0.5, 0.6) is 0 Å². The second-order valence-electron chi connectivity index (χ2n) is 1.26. The van der Waals surface area contributed by atoms with Crippen LogP contribution in [0.2, 0.25) is 0 Å². The van der Waals surface area contributed by atoms with Crippen LogP contribution < -0.4 is 11.3 Å². The van der Waals surface area contributed by atoms with E-state index in [4.69, 9.17) is 5.11 Å². The zero-order valence-electron chi connectivity index (χ0n) is 5.49. The van der Waals surface area contributed by atoms with Crippen molar-refractivity contribution in [2.24, 2.45) is 0 Å². The van der Waals surface area contributed by atoms with Crippen molar-refractivity contribution < 1.29 is 19.8 Å². The monoisotopic (exact) mass is 167 g/mol. The average Bonchev–Trinajstić information content (AvgIpc) is 1.63. The SMILES string of the molecule is O=C([O-])CSCC(=O)O.[NH4+]. The summed E-state index contributed by atoms with van der Waals surface area (Å²) in [7, 11) is 0. The first-order chi connectivity index (χ1) is 4.13. The Hall–Kier alpha value is -0.750. The Balaban J connectivity index is 0. The lowest BCUT2D eigenvalue weighted by Gasteiger charge is -1.96. The number of thioether (sulfide) groups is 1. The summed E-state index contributed by atoms with van der Waals surface area (Å²) in [6.45, 7) is 0. The van der Waals surface area contributed by atoms with E-state index in [0.29, 0.717) is 0 Å². The minimum atomic E-state index is -1.23. The molecule has 6 heteroatoms. The molecule has 0 atom stereocenters. The molecule has 0 aromatic heterocycles. The van der Waals surface area contributed by atoms with E-state index >= 15 is 0 Å². The topological polar surface area (TPSA) is 114 Å². The maximum atomic E-state index is 9.75. The second-order valence-corrected chi connectivity index (χ2v) is 2.24. The van der Waals surface area contributed by atoms with Crippen molar-refractivity contribution in [3.8, 4) is 0 Å². The van der Waals surface area contributed by atoms with Crippen LogP contribution in [0.4, 0.5) is 0 Å². The van der Waals surface area contributed by atoms with Crippen LogP contribution in [-0.4, -0.2) is 28.6 Å². The number of carboxylic acid groups (broad SMARTS) is 2. The van der Waals surface area contributed by atoms with Crippen LogP contribution in [0.3, 0.4) is 0 Å². The summed E-state index contributed by atoms with van der Waals surface area (Å²) in [5.41, 5.74) is 0. The highest BCUT2D eigenvalue weighted by Crippen LogP contribution is 1.95. The van der Waals surface area contributed by atoms with E-state index in [0.717, 1.165) is 11.8 Å². The maximum Gasteiger partial charge on any atom is 0.313 e. The van der Waals surface area contributed by atoms with Gasteiger partial charge in [0, 0.05) is 5.75 Å². The molecule has 0 aliphatic rings. The number of rotatable bonds is 4. The molecule has 0 aromatic rings. The fourth-order valence-corrected chi connectivity index (χ4v) is 0.665. The van der Waals surface area contributed by atoms with Gasteiger partial charge in [0.1, 0.15) is 0 Å². The molecular weight excluding hydrogens is 158 g/mol. The summed E-state index contributed by atoms with van der Waals surface area (Å²) in [6.07, 6.45) is 0. The van der Waals surface area contributed by atoms with Crippen LogP contribution in [0, 0.1) is 0 Å². The number of carbonyl (C=O) groups is 2. The summed E-state index contributed by atoms with van der Waals surface area (Å²) in [6, 6.07) is 0. The summed E-state index contributed by atoms with van der Waals surface area (Å²) in [5.74, 6) is -2.69. The standard InChI is InChI=1S/C4H6O4S.H3N/c5-3(6)1-9-2-4(7)8;/h1-2H2,(H,5,6)(H,7,8);1H3. The van der Waals surface area contributed by atoms with Gasteiger partial charge in [-0.15, -0.1) is 11.8 Å². The molecular formula is C4H9NO4S. The van der Waals surface area contributed by atoms with Gasteiger partial charge in [-0.25, -0.2) is 0 Å². The molecule has 0 aliphatic carbocycles. The Kier molecular flexibility index (Phi) is 7.63. The van der Waals surface area contributed by atoms with E-state index in [1.165, 1.54) is 0 Å². The average molecular weight is 167 g/mol. The molecule has 0 saturated heterocycles. The Morgan fingerprint density at radius 1 is 1.40 bits per heavy atom. The first-order valence-corrected chi connectivity index (χ1v) is 3.28. The molecule has 0 bridgehead atoms. The largest absolute Gasteiger partial charge is 0.549 e. The molecule has 0 saturated carbocycles. The fourth-order valence-electron chi connectivity index (χ4n) is 0.222. The normalized spacial score (nSPS) is 8.00. The zero-order valence-corrected chi connectivity index (χ0v) is 6.31. The fraction of sp³-hybridized carbons (Fsp3) is 0.500. The predicted molar refractivity (Wildman–Crippen MR) is 36.0 cm³/mol. The van der Waals surface area contributed by atoms with E-state index in [-0.39, 0.29) is 17.7 Å². The number of quaternary nitrogens is 1. The Labute approximate surface area is 62.0 Å². The van der Waals surface area contributed by atoms with Crippen molar-refractivity contribution in [2.45, 2.75) is 0 Å². The molecule has 0 heterocycles. The molecule has 0 fully saturated rings. The minimum Gasteiger partial charge on any atom is -0.549 e. The lowest BCUT2D eigenvalue weighted by Crippen LogP contribution is -2.24. The summed E-state index contributed by atoms with van der Waals surface area (Å²) < 4.78 is 0. The van der Waals surface area contributed by atoms with Gasteiger partial charge in [-0.05, 0) is 0 Å². The van der Waals surface area contributed by atoms with Gasteiger partial charge in [0.2, 0.25) is 0 Å². The van der Waals surface area contributed by atoms with Crippen LogP contribution in [0.15, 0.2) is 0 Å². The van der Waals surface area contributed by atoms with Crippen molar-refractivity contribution >= 4 is 23.7 Å². The van der Waals surface area contributed by atoms with Crippen LogP contribution in [0.1, 0.15) is 0 Å². The summed E-state index contributed by atoms with van der Waals surface area (Å²) in [4.78, 5) is 19.4. The van der Waals surface area contributed by atoms with Crippen LogP contribution in [0.25, 0.3) is 0 Å². The van der Waals surface area contributed by atoms with E-state index in [2.05, 4.69) is 0 Å². The minimum absolute atomic E-state index is 0. The van der Waals surface area contributed by atoms with Crippen molar-refractivity contribution in [2.75, 3.05) is 11.5 Å². The lowest BCUT2D eigenvalue weighted by molar-refractivity contribution is -0.301. The first kappa shape index (κ1) is 12.0. The Morgan fingerprint density at radius 3 is 2.20 bits per heavy atom. The Morgan fingerprint density at radius 2 is 1.90 bits per heavy atom. The van der Waals surface area contributed by atoms with Gasteiger partial charge in [0.25, 0.3) is 0 Å². The van der Waals surface area contributed by atoms with Gasteiger partial charge in [0.15, 0.2) is 0 Å². The highest BCUT2D eigenvalue weighted by Gasteiger charge is 1.94. The van der Waals surface area contributed by atoms with Crippen LogP contribution >= 0.6 is 11.8 Å². The van der Waals surface area contributed by atoms with E-state index in [1.807, 2.05) is 0 Å². The smallest absolute Gasteiger partial charge is 0.313 e. The zero-order chi connectivity index (χ0) is 7.28. The number of carbonyl (C=O) groups excluding carboxylic acids is 1. The van der Waals surface area contributed by atoms with Crippen molar-refractivity contribution in [1.82, 2.24) is 6.15 Å². The van der Waals surface area contributed by atoms with Crippen molar-refractivity contribution in [3.63, 3.8) is 0 Å². The number of carboxylic acids is 2. The summed E-state index contributed by atoms with van der Waals surface area (Å²) in [5, 5.41) is 17.6. The molecule has 0 aliphatic heterocycles. The highest BCUT2D eigenvalue weighted by molar-refractivity contribution is 8.00. The maximum absolute atomic E-state index is 9.75. The highest BCUT2D eigenvalue weighted by atomic mass is 32.2. The molecule has 0 radical (unpaired) electrons. The van der Waals surface area contributed by atoms with Gasteiger partial charge in [-0.2, -0.15) is 0 Å². The van der Waals surface area contributed by atoms with Gasteiger partial charge in [-0.3, -0.25) is 4.79 Å². The molecule has 0 unspecified atom stereocenters. The molecule has 0 rings (SSSR count). The lowest BCUT2D eigenvalue weighted by atomic mass is 10.8. The first-order valence-electron chi connectivity index (χ1n) is 2.12. The van der Waals surface area contributed by atoms with Gasteiger partial charge in [0.05, 0.1) is 11.7 Å². The molecule has 0 spiro atoms. The Bertz CT molecular complexity index is 112. The third-order valence-electron chi connectivity index (χ3n) is 0.445. The molecule has 0 aromatic carbocycles. The molecule has 5 nitrogen and oxygen atoms in total. The molecule has 5 N–H and O–H groups in total. The third-order valence-corrected chi connectivity index (χ3v) is 1.34. The van der Waals surface area contributed by atoms with Gasteiger partial charge in [-0.1, -0.05) is 0 Å². The van der Waals surface area contributed by atoms with E-state index < -0.39 is 11.9 Å².